The molecule has 1 aromatic carbocycles. The summed E-state index contributed by atoms with van der Waals surface area (Å²) in [5.74, 6) is 0.644. The summed E-state index contributed by atoms with van der Waals surface area (Å²) in [4.78, 5) is 18.6. The van der Waals surface area contributed by atoms with E-state index < -0.39 is 10.6 Å². The van der Waals surface area contributed by atoms with Crippen LogP contribution in [0, 0.1) is 10.1 Å². The maximum absolute atomic E-state index is 10.7. The average Bonchev–Trinajstić information content (AvgIpc) is 2.26. The monoisotopic (exact) mass is 262 g/mol. The third kappa shape index (κ3) is 3.18. The molecule has 2 rings (SSSR count). The van der Waals surface area contributed by atoms with Crippen LogP contribution in [0.5, 0.6) is 0 Å². The summed E-state index contributed by atoms with van der Waals surface area (Å²) in [5.41, 5.74) is 5.52. The number of nitrogens with zero attached hydrogens (tertiary/aromatic N) is 3. The molecule has 1 aliphatic heterocycles. The Morgan fingerprint density at radius 3 is 2.79 bits per heavy atom. The van der Waals surface area contributed by atoms with Gasteiger partial charge in [0.2, 0.25) is 5.96 Å². The predicted octanol–water partition coefficient (Wildman–Crippen LogP) is 1.02. The number of nitro groups is 1. The van der Waals surface area contributed by atoms with Crippen molar-refractivity contribution in [1.29, 1.82) is 0 Å². The molecule has 0 amide bonds. The molecule has 0 bridgehead atoms. The Labute approximate surface area is 109 Å². The van der Waals surface area contributed by atoms with Crippen LogP contribution in [0.3, 0.4) is 0 Å². The van der Waals surface area contributed by atoms with Gasteiger partial charge in [-0.3, -0.25) is 15.4 Å². The molecule has 0 unspecified atom stereocenters. The number of rotatable bonds is 2. The smallest absolute Gasteiger partial charge is 0.271 e. The third-order valence-electron chi connectivity index (χ3n) is 2.35. The molecular formula is C11H14N6O2. The Bertz CT molecular complexity index is 578. The van der Waals surface area contributed by atoms with Crippen molar-refractivity contribution in [1.82, 2.24) is 5.32 Å². The molecule has 1 heterocycles. The van der Waals surface area contributed by atoms with Crippen molar-refractivity contribution in [2.75, 3.05) is 5.32 Å². The van der Waals surface area contributed by atoms with E-state index in [0.717, 1.165) is 0 Å². The van der Waals surface area contributed by atoms with Crippen molar-refractivity contribution in [3.8, 4) is 0 Å². The summed E-state index contributed by atoms with van der Waals surface area (Å²) in [6.07, 6.45) is 0. The fraction of sp³-hybridized carbons (Fsp3) is 0.273. The van der Waals surface area contributed by atoms with Crippen LogP contribution >= 0.6 is 0 Å². The number of benzene rings is 1. The zero-order valence-electron chi connectivity index (χ0n) is 10.5. The van der Waals surface area contributed by atoms with Crippen molar-refractivity contribution in [3.05, 3.63) is 34.4 Å². The Hall–Kier alpha value is -2.64. The number of nitro benzene ring substituents is 1. The quantitative estimate of drug-likeness (QED) is 0.543. The van der Waals surface area contributed by atoms with E-state index >= 15 is 0 Å². The second kappa shape index (κ2) is 4.56. The molecule has 100 valence electrons. The minimum atomic E-state index is -0.668. The van der Waals surface area contributed by atoms with Crippen LogP contribution in [-0.2, 0) is 0 Å². The Balaban J connectivity index is 2.20. The molecule has 1 aromatic rings. The molecule has 0 fully saturated rings. The highest BCUT2D eigenvalue weighted by atomic mass is 16.6. The van der Waals surface area contributed by atoms with Gasteiger partial charge in [0.1, 0.15) is 0 Å². The van der Waals surface area contributed by atoms with E-state index in [-0.39, 0.29) is 11.6 Å². The van der Waals surface area contributed by atoms with Gasteiger partial charge < -0.3 is 11.1 Å². The van der Waals surface area contributed by atoms with Crippen LogP contribution in [0.2, 0.25) is 0 Å². The molecule has 0 saturated carbocycles. The van der Waals surface area contributed by atoms with Crippen LogP contribution in [0.15, 0.2) is 34.3 Å². The van der Waals surface area contributed by atoms with E-state index in [2.05, 4.69) is 20.6 Å². The third-order valence-corrected chi connectivity index (χ3v) is 2.35. The van der Waals surface area contributed by atoms with Crippen molar-refractivity contribution in [2.45, 2.75) is 19.5 Å². The SMILES string of the molecule is CC1(C)N=C(N)NC(Nc2cccc([N+](=O)[O-])c2)=N1. The highest BCUT2D eigenvalue weighted by Gasteiger charge is 2.21. The second-order valence-corrected chi connectivity index (χ2v) is 4.51. The number of guanidine groups is 2. The first-order valence-corrected chi connectivity index (χ1v) is 5.59. The minimum Gasteiger partial charge on any atom is -0.370 e. The van der Waals surface area contributed by atoms with Crippen LogP contribution in [0.25, 0.3) is 0 Å². The molecule has 8 nitrogen and oxygen atoms in total. The van der Waals surface area contributed by atoms with Gasteiger partial charge in [-0.25, -0.2) is 9.98 Å². The van der Waals surface area contributed by atoms with Crippen molar-refractivity contribution >= 4 is 23.3 Å². The van der Waals surface area contributed by atoms with Crippen molar-refractivity contribution < 1.29 is 4.92 Å². The number of non-ortho nitro benzene ring substituents is 1. The molecule has 0 spiro atoms. The Morgan fingerprint density at radius 2 is 2.16 bits per heavy atom. The van der Waals surface area contributed by atoms with E-state index in [9.17, 15) is 10.1 Å². The van der Waals surface area contributed by atoms with Gasteiger partial charge in [0.05, 0.1) is 4.92 Å². The minimum absolute atomic E-state index is 0.00214. The summed E-state index contributed by atoms with van der Waals surface area (Å²) in [6.45, 7) is 3.60. The van der Waals surface area contributed by atoms with E-state index in [1.165, 1.54) is 12.1 Å². The lowest BCUT2D eigenvalue weighted by Gasteiger charge is -2.24. The topological polar surface area (TPSA) is 118 Å². The molecular weight excluding hydrogens is 248 g/mol. The first-order chi connectivity index (χ1) is 8.85. The van der Waals surface area contributed by atoms with E-state index in [0.29, 0.717) is 11.6 Å². The van der Waals surface area contributed by atoms with Crippen molar-refractivity contribution in [3.63, 3.8) is 0 Å². The standard InChI is InChI=1S/C11H14N6O2/c1-11(2)15-9(12)14-10(16-11)13-7-4-3-5-8(6-7)17(18)19/h3-6H,1-2H3,(H4,12,13,14,15,16). The normalized spacial score (nSPS) is 16.9. The van der Waals surface area contributed by atoms with Crippen LogP contribution in [0.1, 0.15) is 13.8 Å². The number of hydrogen-bond donors (Lipinski definition) is 3. The lowest BCUT2D eigenvalue weighted by atomic mass is 10.2. The molecule has 4 N–H and O–H groups in total. The first kappa shape index (κ1) is 12.8. The number of hydrogen-bond acceptors (Lipinski definition) is 7. The molecule has 0 aliphatic carbocycles. The number of aliphatic imine (C=N–C) groups is 2. The summed E-state index contributed by atoms with van der Waals surface area (Å²) in [7, 11) is 0. The maximum Gasteiger partial charge on any atom is 0.271 e. The van der Waals surface area contributed by atoms with E-state index in [1.54, 1.807) is 26.0 Å². The molecule has 1 aliphatic rings. The molecule has 0 saturated heterocycles. The fourth-order valence-electron chi connectivity index (χ4n) is 1.66. The Kier molecular flexibility index (Phi) is 3.07. The Morgan fingerprint density at radius 1 is 1.42 bits per heavy atom. The average molecular weight is 262 g/mol. The number of nitrogens with one attached hydrogen (secondary N) is 2. The van der Waals surface area contributed by atoms with Gasteiger partial charge >= 0.3 is 0 Å². The zero-order valence-corrected chi connectivity index (χ0v) is 10.5. The predicted molar refractivity (Wildman–Crippen MR) is 73.0 cm³/mol. The van der Waals surface area contributed by atoms with E-state index in [4.69, 9.17) is 5.73 Å². The van der Waals surface area contributed by atoms with Gasteiger partial charge in [0.25, 0.3) is 5.69 Å². The van der Waals surface area contributed by atoms with Crippen LogP contribution in [0.4, 0.5) is 11.4 Å². The highest BCUT2D eigenvalue weighted by Crippen LogP contribution is 2.18. The molecule has 0 radical (unpaired) electrons. The van der Waals surface area contributed by atoms with Crippen LogP contribution < -0.4 is 16.4 Å². The van der Waals surface area contributed by atoms with Crippen molar-refractivity contribution in [2.24, 2.45) is 15.7 Å². The molecule has 0 atom stereocenters. The van der Waals surface area contributed by atoms with Gasteiger partial charge in [-0.15, -0.1) is 0 Å². The maximum atomic E-state index is 10.7. The summed E-state index contributed by atoms with van der Waals surface area (Å²) < 4.78 is 0. The largest absolute Gasteiger partial charge is 0.370 e. The second-order valence-electron chi connectivity index (χ2n) is 4.51. The van der Waals surface area contributed by atoms with Gasteiger partial charge in [-0.1, -0.05) is 6.07 Å². The van der Waals surface area contributed by atoms with E-state index in [1.807, 2.05) is 0 Å². The molecule has 8 heteroatoms. The lowest BCUT2D eigenvalue weighted by molar-refractivity contribution is -0.384. The lowest BCUT2D eigenvalue weighted by Crippen LogP contribution is -2.47. The summed E-state index contributed by atoms with van der Waals surface area (Å²) >= 11 is 0. The zero-order chi connectivity index (χ0) is 14.0. The van der Waals surface area contributed by atoms with Gasteiger partial charge in [-0.2, -0.15) is 0 Å². The van der Waals surface area contributed by atoms with Crippen LogP contribution in [-0.4, -0.2) is 22.5 Å². The van der Waals surface area contributed by atoms with Gasteiger partial charge in [0.15, 0.2) is 11.6 Å². The summed E-state index contributed by atoms with van der Waals surface area (Å²) in [5, 5.41) is 16.4. The molecule has 19 heavy (non-hydrogen) atoms. The fourth-order valence-corrected chi connectivity index (χ4v) is 1.66. The van der Waals surface area contributed by atoms with Gasteiger partial charge in [0, 0.05) is 17.8 Å². The summed E-state index contributed by atoms with van der Waals surface area (Å²) in [6, 6.07) is 6.12. The molecule has 0 aromatic heterocycles. The first-order valence-electron chi connectivity index (χ1n) is 5.59. The number of anilines is 1. The van der Waals surface area contributed by atoms with Gasteiger partial charge in [-0.05, 0) is 19.9 Å². The highest BCUT2D eigenvalue weighted by molar-refractivity contribution is 6.06. The number of nitrogens with two attached hydrogens (primary N) is 1.